The Morgan fingerprint density at radius 3 is 2.37 bits per heavy atom. The van der Waals surface area contributed by atoms with E-state index in [4.69, 9.17) is 5.26 Å². The summed E-state index contributed by atoms with van der Waals surface area (Å²) in [6, 6.07) is 9.70. The average Bonchev–Trinajstić information content (AvgIpc) is 2.70. The van der Waals surface area contributed by atoms with Crippen molar-refractivity contribution >= 4 is 17.4 Å². The van der Waals surface area contributed by atoms with Crippen molar-refractivity contribution in [3.05, 3.63) is 59.4 Å². The number of nitrogens with one attached hydrogen (secondary N) is 1. The van der Waals surface area contributed by atoms with Gasteiger partial charge in [0.25, 0.3) is 0 Å². The minimum absolute atomic E-state index is 0.255. The molecule has 158 valence electrons. The molecule has 3 rings (SSSR count). The number of halogens is 4. The fourth-order valence-corrected chi connectivity index (χ4v) is 3.54. The second kappa shape index (κ2) is 8.22. The summed E-state index contributed by atoms with van der Waals surface area (Å²) in [6.07, 6.45) is -4.63. The number of benzene rings is 2. The topological polar surface area (TPSA) is 59.4 Å². The summed E-state index contributed by atoms with van der Waals surface area (Å²) < 4.78 is 52.9. The van der Waals surface area contributed by atoms with E-state index in [0.29, 0.717) is 17.9 Å². The molecule has 30 heavy (non-hydrogen) atoms. The second-order valence-corrected chi connectivity index (χ2v) is 7.28. The maximum Gasteiger partial charge on any atom is 0.417 e. The van der Waals surface area contributed by atoms with Gasteiger partial charge in [-0.3, -0.25) is 0 Å². The van der Waals surface area contributed by atoms with E-state index in [1.54, 1.807) is 22.8 Å². The molecule has 9 heteroatoms. The van der Waals surface area contributed by atoms with Gasteiger partial charge in [0.1, 0.15) is 5.82 Å². The highest BCUT2D eigenvalue weighted by Gasteiger charge is 2.36. The zero-order chi connectivity index (χ0) is 22.1. The maximum atomic E-state index is 13.3. The number of carbonyl (C=O) groups is 1. The van der Waals surface area contributed by atoms with E-state index >= 15 is 0 Å². The molecule has 0 spiro atoms. The minimum atomic E-state index is -4.63. The van der Waals surface area contributed by atoms with Gasteiger partial charge in [0.2, 0.25) is 0 Å². The molecule has 1 N–H and O–H groups in total. The van der Waals surface area contributed by atoms with Crippen LogP contribution >= 0.6 is 0 Å². The minimum Gasteiger partial charge on any atom is -0.365 e. The molecule has 2 atom stereocenters. The van der Waals surface area contributed by atoms with Crippen molar-refractivity contribution in [2.75, 3.05) is 23.3 Å². The lowest BCUT2D eigenvalue weighted by molar-refractivity contribution is -0.137. The summed E-state index contributed by atoms with van der Waals surface area (Å²) in [5, 5.41) is 11.7. The Labute approximate surface area is 171 Å². The van der Waals surface area contributed by atoms with Gasteiger partial charge in [0.15, 0.2) is 0 Å². The largest absolute Gasteiger partial charge is 0.417 e. The summed E-state index contributed by atoms with van der Waals surface area (Å²) >= 11 is 0. The zero-order valence-corrected chi connectivity index (χ0v) is 16.4. The van der Waals surface area contributed by atoms with E-state index in [0.717, 1.165) is 6.07 Å². The number of rotatable bonds is 2. The molecule has 1 saturated heterocycles. The predicted octanol–water partition coefficient (Wildman–Crippen LogP) is 4.85. The van der Waals surface area contributed by atoms with Crippen LogP contribution in [0.25, 0.3) is 0 Å². The molecule has 0 saturated carbocycles. The van der Waals surface area contributed by atoms with Crippen molar-refractivity contribution in [2.45, 2.75) is 32.1 Å². The van der Waals surface area contributed by atoms with Gasteiger partial charge >= 0.3 is 12.2 Å². The van der Waals surface area contributed by atoms with Gasteiger partial charge in [-0.1, -0.05) is 0 Å². The van der Waals surface area contributed by atoms with E-state index in [1.165, 1.54) is 36.4 Å². The number of hydrogen-bond acceptors (Lipinski definition) is 3. The predicted molar refractivity (Wildman–Crippen MR) is 105 cm³/mol. The number of amides is 2. The monoisotopic (exact) mass is 420 g/mol. The molecule has 1 aliphatic heterocycles. The first-order chi connectivity index (χ1) is 14.1. The Morgan fingerprint density at radius 2 is 1.77 bits per heavy atom. The van der Waals surface area contributed by atoms with E-state index in [1.807, 2.05) is 6.92 Å². The highest BCUT2D eigenvalue weighted by atomic mass is 19.4. The van der Waals surface area contributed by atoms with Gasteiger partial charge in [-0.25, -0.2) is 9.18 Å². The quantitative estimate of drug-likeness (QED) is 0.707. The third-order valence-corrected chi connectivity index (χ3v) is 5.10. The Kier molecular flexibility index (Phi) is 5.87. The molecule has 1 aliphatic rings. The lowest BCUT2D eigenvalue weighted by Gasteiger charge is -2.45. The number of alkyl halides is 3. The third kappa shape index (κ3) is 4.48. The van der Waals surface area contributed by atoms with Crippen LogP contribution in [-0.2, 0) is 6.18 Å². The number of piperazine rings is 1. The Bertz CT molecular complexity index is 968. The number of hydrogen-bond donors (Lipinski definition) is 1. The van der Waals surface area contributed by atoms with Crippen molar-refractivity contribution in [3.8, 4) is 6.07 Å². The molecule has 1 heterocycles. The lowest BCUT2D eigenvalue weighted by atomic mass is 10.0. The molecule has 0 unspecified atom stereocenters. The molecule has 2 amide bonds. The molecule has 1 fully saturated rings. The smallest absolute Gasteiger partial charge is 0.365 e. The second-order valence-electron chi connectivity index (χ2n) is 7.28. The fourth-order valence-electron chi connectivity index (χ4n) is 3.54. The van der Waals surface area contributed by atoms with Crippen LogP contribution in [0, 0.1) is 17.1 Å². The number of carbonyl (C=O) groups excluding carboxylic acids is 1. The average molecular weight is 420 g/mol. The highest BCUT2D eigenvalue weighted by molar-refractivity contribution is 5.89. The van der Waals surface area contributed by atoms with Gasteiger partial charge in [-0.05, 0) is 56.3 Å². The number of anilines is 2. The number of nitrogens with zero attached hydrogens (tertiary/aromatic N) is 3. The summed E-state index contributed by atoms with van der Waals surface area (Å²) in [6.45, 7) is 4.23. The van der Waals surface area contributed by atoms with Crippen LogP contribution in [0.5, 0.6) is 0 Å². The molecule has 2 aromatic carbocycles. The van der Waals surface area contributed by atoms with Gasteiger partial charge in [-0.15, -0.1) is 0 Å². The Morgan fingerprint density at radius 1 is 1.10 bits per heavy atom. The van der Waals surface area contributed by atoms with Gasteiger partial charge in [0.05, 0.1) is 17.2 Å². The summed E-state index contributed by atoms with van der Waals surface area (Å²) in [4.78, 5) is 16.0. The maximum absolute atomic E-state index is 13.3. The molecule has 0 aliphatic carbocycles. The van der Waals surface area contributed by atoms with Gasteiger partial charge in [-0.2, -0.15) is 18.4 Å². The lowest BCUT2D eigenvalue weighted by Crippen LogP contribution is -2.59. The Balaban J connectivity index is 1.77. The summed E-state index contributed by atoms with van der Waals surface area (Å²) in [5.74, 6) is -0.413. The van der Waals surface area contributed by atoms with E-state index < -0.39 is 23.1 Å². The van der Waals surface area contributed by atoms with E-state index in [9.17, 15) is 22.4 Å². The SMILES string of the molecule is C[C@@H]1CN(C(=O)Nc2ccc(F)cc2)[C@@H](C)CN1c1ccc(C#N)c(C(F)(F)F)c1. The van der Waals surface area contributed by atoms with Crippen LogP contribution in [0.3, 0.4) is 0 Å². The first-order valence-corrected chi connectivity index (χ1v) is 9.31. The van der Waals surface area contributed by atoms with E-state index in [2.05, 4.69) is 5.32 Å². The van der Waals surface area contributed by atoms with E-state index in [-0.39, 0.29) is 24.7 Å². The molecule has 5 nitrogen and oxygen atoms in total. The van der Waals surface area contributed by atoms with Crippen LogP contribution in [0.4, 0.5) is 33.7 Å². The third-order valence-electron chi connectivity index (χ3n) is 5.10. The van der Waals surface area contributed by atoms with Crippen molar-refractivity contribution < 1.29 is 22.4 Å². The van der Waals surface area contributed by atoms with Crippen molar-refractivity contribution in [1.82, 2.24) is 4.90 Å². The van der Waals surface area contributed by atoms with Gasteiger partial charge < -0.3 is 15.1 Å². The first-order valence-electron chi connectivity index (χ1n) is 9.31. The van der Waals surface area contributed by atoms with Crippen LogP contribution < -0.4 is 10.2 Å². The van der Waals surface area contributed by atoms with Gasteiger partial charge in [0, 0.05) is 36.5 Å². The summed E-state index contributed by atoms with van der Waals surface area (Å²) in [7, 11) is 0. The highest BCUT2D eigenvalue weighted by Crippen LogP contribution is 2.35. The fraction of sp³-hybridized carbons (Fsp3) is 0.333. The number of urea groups is 1. The molecule has 2 aromatic rings. The van der Waals surface area contributed by atoms with Crippen LogP contribution in [0.2, 0.25) is 0 Å². The Hall–Kier alpha value is -3.28. The van der Waals surface area contributed by atoms with Crippen LogP contribution in [0.15, 0.2) is 42.5 Å². The normalized spacial score (nSPS) is 19.4. The molecule has 0 radical (unpaired) electrons. The number of nitriles is 1. The standard InChI is InChI=1S/C21H20F4N4O/c1-13-12-29(20(30)27-17-6-4-16(22)5-7-17)14(2)11-28(13)18-8-3-15(10-26)19(9-18)21(23,24)25/h3-9,13-14H,11-12H2,1-2H3,(H,27,30)/t13-,14+/m1/s1. The van der Waals surface area contributed by atoms with Crippen LogP contribution in [-0.4, -0.2) is 36.1 Å². The van der Waals surface area contributed by atoms with Crippen molar-refractivity contribution in [2.24, 2.45) is 0 Å². The molecule has 0 aromatic heterocycles. The van der Waals surface area contributed by atoms with Crippen molar-refractivity contribution in [1.29, 1.82) is 5.26 Å². The molecular formula is C21H20F4N4O. The van der Waals surface area contributed by atoms with Crippen molar-refractivity contribution in [3.63, 3.8) is 0 Å². The first kappa shape index (κ1) is 21.4. The molecular weight excluding hydrogens is 400 g/mol. The molecule has 0 bridgehead atoms. The van der Waals surface area contributed by atoms with Crippen LogP contribution in [0.1, 0.15) is 25.0 Å². The zero-order valence-electron chi connectivity index (χ0n) is 16.4. The summed E-state index contributed by atoms with van der Waals surface area (Å²) in [5.41, 5.74) is -0.604.